The Morgan fingerprint density at radius 2 is 2.00 bits per heavy atom. The summed E-state index contributed by atoms with van der Waals surface area (Å²) in [5.74, 6) is 0.774. The van der Waals surface area contributed by atoms with Gasteiger partial charge in [-0.3, -0.25) is 4.79 Å². The van der Waals surface area contributed by atoms with E-state index in [1.165, 1.54) is 0 Å². The minimum Gasteiger partial charge on any atom is -0.361 e. The third-order valence-corrected chi connectivity index (χ3v) is 3.44. The van der Waals surface area contributed by atoms with Crippen LogP contribution in [0.1, 0.15) is 23.4 Å². The Bertz CT molecular complexity index is 556. The molecule has 0 unspecified atom stereocenters. The zero-order chi connectivity index (χ0) is 13.8. The van der Waals surface area contributed by atoms with E-state index in [1.54, 1.807) is 0 Å². The second kappa shape index (κ2) is 6.02. The second-order valence-corrected chi connectivity index (χ2v) is 5.27. The number of hydrogen-bond donors (Lipinski definition) is 1. The molecule has 4 nitrogen and oxygen atoms in total. The highest BCUT2D eigenvalue weighted by atomic mass is 79.9. The molecule has 0 fully saturated rings. The van der Waals surface area contributed by atoms with Crippen molar-refractivity contribution in [3.05, 3.63) is 45.8 Å². The van der Waals surface area contributed by atoms with Gasteiger partial charge in [-0.2, -0.15) is 0 Å². The molecule has 19 heavy (non-hydrogen) atoms. The van der Waals surface area contributed by atoms with E-state index < -0.39 is 0 Å². The van der Waals surface area contributed by atoms with Crippen LogP contribution in [0.4, 0.5) is 5.69 Å². The van der Waals surface area contributed by atoms with Crippen LogP contribution in [0.2, 0.25) is 0 Å². The molecule has 0 bridgehead atoms. The maximum Gasteiger partial charge on any atom is 0.224 e. The lowest BCUT2D eigenvalue weighted by atomic mass is 10.1. The number of rotatable bonds is 4. The average Bonchev–Trinajstić information content (AvgIpc) is 2.70. The van der Waals surface area contributed by atoms with E-state index in [9.17, 15) is 4.79 Å². The van der Waals surface area contributed by atoms with Crippen molar-refractivity contribution in [2.75, 3.05) is 5.32 Å². The van der Waals surface area contributed by atoms with Crippen LogP contribution in [-0.2, 0) is 11.2 Å². The third-order valence-electron chi connectivity index (χ3n) is 2.91. The summed E-state index contributed by atoms with van der Waals surface area (Å²) in [4.78, 5) is 11.8. The van der Waals surface area contributed by atoms with Gasteiger partial charge in [-0.1, -0.05) is 21.1 Å². The average molecular weight is 323 g/mol. The Morgan fingerprint density at radius 1 is 1.32 bits per heavy atom. The maximum atomic E-state index is 11.8. The molecule has 2 aromatic rings. The van der Waals surface area contributed by atoms with E-state index in [0.29, 0.717) is 12.8 Å². The number of carbonyl (C=O) groups is 1. The fourth-order valence-electron chi connectivity index (χ4n) is 1.85. The van der Waals surface area contributed by atoms with Gasteiger partial charge in [0.1, 0.15) is 5.76 Å². The van der Waals surface area contributed by atoms with Crippen LogP contribution in [0.25, 0.3) is 0 Å². The first-order valence-electron chi connectivity index (χ1n) is 6.03. The molecular formula is C14H15BrN2O2. The van der Waals surface area contributed by atoms with Crippen LogP contribution in [-0.4, -0.2) is 11.1 Å². The van der Waals surface area contributed by atoms with Crippen LogP contribution in [0.15, 0.2) is 33.3 Å². The molecule has 100 valence electrons. The number of aryl methyl sites for hydroxylation is 2. The summed E-state index contributed by atoms with van der Waals surface area (Å²) in [5, 5.41) is 6.74. The van der Waals surface area contributed by atoms with Crippen molar-refractivity contribution in [1.82, 2.24) is 5.16 Å². The van der Waals surface area contributed by atoms with Crippen molar-refractivity contribution < 1.29 is 9.32 Å². The van der Waals surface area contributed by atoms with Gasteiger partial charge in [0.15, 0.2) is 0 Å². The van der Waals surface area contributed by atoms with Crippen molar-refractivity contribution in [2.45, 2.75) is 26.7 Å². The highest BCUT2D eigenvalue weighted by Gasteiger charge is 2.11. The van der Waals surface area contributed by atoms with Gasteiger partial charge in [-0.15, -0.1) is 0 Å². The predicted molar refractivity (Wildman–Crippen MR) is 77.1 cm³/mol. The van der Waals surface area contributed by atoms with Crippen molar-refractivity contribution in [2.24, 2.45) is 0 Å². The molecule has 0 spiro atoms. The summed E-state index contributed by atoms with van der Waals surface area (Å²) in [6.45, 7) is 3.75. The Balaban J connectivity index is 1.90. The van der Waals surface area contributed by atoms with Crippen molar-refractivity contribution in [3.8, 4) is 0 Å². The number of halogens is 1. The fraction of sp³-hybridized carbons (Fsp3) is 0.286. The first-order chi connectivity index (χ1) is 9.06. The summed E-state index contributed by atoms with van der Waals surface area (Å²) in [6.07, 6.45) is 1.06. The first kappa shape index (κ1) is 13.8. The number of benzene rings is 1. The van der Waals surface area contributed by atoms with Crippen LogP contribution in [0.3, 0.4) is 0 Å². The molecule has 0 aliphatic carbocycles. The van der Waals surface area contributed by atoms with Gasteiger partial charge in [-0.25, -0.2) is 0 Å². The zero-order valence-electron chi connectivity index (χ0n) is 10.9. The van der Waals surface area contributed by atoms with E-state index in [1.807, 2.05) is 38.1 Å². The number of nitrogens with zero attached hydrogens (tertiary/aromatic N) is 1. The molecule has 0 aliphatic rings. The summed E-state index contributed by atoms with van der Waals surface area (Å²) < 4.78 is 6.06. The lowest BCUT2D eigenvalue weighted by molar-refractivity contribution is -0.116. The molecule has 1 amide bonds. The Kier molecular flexibility index (Phi) is 4.37. The highest BCUT2D eigenvalue weighted by Crippen LogP contribution is 2.16. The number of carbonyl (C=O) groups excluding carboxylic acids is 1. The topological polar surface area (TPSA) is 55.1 Å². The second-order valence-electron chi connectivity index (χ2n) is 4.36. The van der Waals surface area contributed by atoms with Gasteiger partial charge < -0.3 is 9.84 Å². The predicted octanol–water partition coefficient (Wildman–Crippen LogP) is 3.63. The van der Waals surface area contributed by atoms with E-state index >= 15 is 0 Å². The van der Waals surface area contributed by atoms with Gasteiger partial charge in [0.05, 0.1) is 5.69 Å². The van der Waals surface area contributed by atoms with Crippen LogP contribution in [0.5, 0.6) is 0 Å². The molecule has 0 atom stereocenters. The van der Waals surface area contributed by atoms with Crippen molar-refractivity contribution in [1.29, 1.82) is 0 Å². The maximum absolute atomic E-state index is 11.8. The van der Waals surface area contributed by atoms with Gasteiger partial charge >= 0.3 is 0 Å². The van der Waals surface area contributed by atoms with Gasteiger partial charge in [0.2, 0.25) is 5.91 Å². The molecule has 1 aromatic heterocycles. The summed E-state index contributed by atoms with van der Waals surface area (Å²) >= 11 is 3.35. The molecule has 1 N–H and O–H groups in total. The van der Waals surface area contributed by atoms with Crippen LogP contribution in [0, 0.1) is 13.8 Å². The standard InChI is InChI=1S/C14H15BrN2O2/c1-9-13(10(2)19-17-9)7-8-14(18)16-12-5-3-11(15)4-6-12/h3-6H,7-8H2,1-2H3,(H,16,18). The summed E-state index contributed by atoms with van der Waals surface area (Å²) in [6, 6.07) is 7.50. The summed E-state index contributed by atoms with van der Waals surface area (Å²) in [7, 11) is 0. The molecule has 5 heteroatoms. The number of anilines is 1. The molecule has 0 saturated carbocycles. The van der Waals surface area contributed by atoms with Crippen LogP contribution < -0.4 is 5.32 Å². The summed E-state index contributed by atoms with van der Waals surface area (Å²) in [5.41, 5.74) is 2.67. The molecule has 1 aromatic carbocycles. The van der Waals surface area contributed by atoms with Gasteiger partial charge in [-0.05, 0) is 44.5 Å². The Morgan fingerprint density at radius 3 is 2.58 bits per heavy atom. The number of hydrogen-bond acceptors (Lipinski definition) is 3. The third kappa shape index (κ3) is 3.67. The lowest BCUT2D eigenvalue weighted by Crippen LogP contribution is -2.12. The molecule has 2 rings (SSSR count). The van der Waals surface area contributed by atoms with Crippen molar-refractivity contribution >= 4 is 27.5 Å². The SMILES string of the molecule is Cc1noc(C)c1CCC(=O)Nc1ccc(Br)cc1. The number of aromatic nitrogens is 1. The van der Waals surface area contributed by atoms with E-state index in [0.717, 1.165) is 27.2 Å². The Labute approximate surface area is 120 Å². The van der Waals surface area contributed by atoms with E-state index in [4.69, 9.17) is 4.52 Å². The molecule has 0 aliphatic heterocycles. The van der Waals surface area contributed by atoms with Gasteiger partial charge in [0, 0.05) is 22.1 Å². The minimum atomic E-state index is -0.0117. The van der Waals surface area contributed by atoms with E-state index in [-0.39, 0.29) is 5.91 Å². The quantitative estimate of drug-likeness (QED) is 0.935. The normalized spacial score (nSPS) is 10.5. The largest absolute Gasteiger partial charge is 0.361 e. The van der Waals surface area contributed by atoms with Gasteiger partial charge in [0.25, 0.3) is 0 Å². The monoisotopic (exact) mass is 322 g/mol. The van der Waals surface area contributed by atoms with Crippen molar-refractivity contribution in [3.63, 3.8) is 0 Å². The fourth-order valence-corrected chi connectivity index (χ4v) is 2.12. The molecular weight excluding hydrogens is 308 g/mol. The van der Waals surface area contributed by atoms with E-state index in [2.05, 4.69) is 26.4 Å². The lowest BCUT2D eigenvalue weighted by Gasteiger charge is -2.05. The number of nitrogens with one attached hydrogen (secondary N) is 1. The molecule has 0 radical (unpaired) electrons. The number of amides is 1. The Hall–Kier alpha value is -1.62. The molecule has 1 heterocycles. The first-order valence-corrected chi connectivity index (χ1v) is 6.82. The zero-order valence-corrected chi connectivity index (χ0v) is 12.5. The van der Waals surface area contributed by atoms with Crippen LogP contribution >= 0.6 is 15.9 Å². The minimum absolute atomic E-state index is 0.0117. The smallest absolute Gasteiger partial charge is 0.224 e. The highest BCUT2D eigenvalue weighted by molar-refractivity contribution is 9.10. The molecule has 0 saturated heterocycles.